The number of piperazine rings is 1. The number of nitrogens with zero attached hydrogens (tertiary/aromatic N) is 1. The van der Waals surface area contributed by atoms with Crippen LogP contribution in [0, 0.1) is 0 Å². The van der Waals surface area contributed by atoms with Crippen LogP contribution in [0.5, 0.6) is 11.5 Å². The first-order chi connectivity index (χ1) is 12.2. The van der Waals surface area contributed by atoms with E-state index in [0.29, 0.717) is 13.2 Å². The number of ether oxygens (including phenoxy) is 2. The average Bonchev–Trinajstić information content (AvgIpc) is 2.68. The minimum atomic E-state index is -0.468. The Morgan fingerprint density at radius 2 is 1.76 bits per heavy atom. The molecular formula is C20H27N2O3+. The Hall–Kier alpha value is -2.24. The number of para-hydroxylation sites is 1. The van der Waals surface area contributed by atoms with Crippen molar-refractivity contribution in [2.75, 3.05) is 51.3 Å². The predicted molar refractivity (Wildman–Crippen MR) is 98.7 cm³/mol. The number of anilines is 1. The van der Waals surface area contributed by atoms with Crippen molar-refractivity contribution >= 4 is 5.69 Å². The Morgan fingerprint density at radius 3 is 2.48 bits per heavy atom. The Morgan fingerprint density at radius 1 is 1.04 bits per heavy atom. The van der Waals surface area contributed by atoms with E-state index in [0.717, 1.165) is 37.7 Å². The zero-order chi connectivity index (χ0) is 17.5. The van der Waals surface area contributed by atoms with Crippen molar-refractivity contribution in [1.29, 1.82) is 0 Å². The van der Waals surface area contributed by atoms with Crippen LogP contribution in [0.25, 0.3) is 0 Å². The third kappa shape index (κ3) is 5.11. The number of hydrogen-bond donors (Lipinski definition) is 2. The van der Waals surface area contributed by atoms with Crippen molar-refractivity contribution in [2.45, 2.75) is 6.10 Å². The summed E-state index contributed by atoms with van der Waals surface area (Å²) in [4.78, 5) is 3.83. The van der Waals surface area contributed by atoms with Crippen molar-refractivity contribution in [3.8, 4) is 11.5 Å². The molecule has 134 valence electrons. The van der Waals surface area contributed by atoms with E-state index in [1.807, 2.05) is 30.3 Å². The molecule has 0 radical (unpaired) electrons. The summed E-state index contributed by atoms with van der Waals surface area (Å²) in [6.07, 6.45) is -0.468. The predicted octanol–water partition coefficient (Wildman–Crippen LogP) is 0.840. The molecule has 1 aliphatic rings. The summed E-state index contributed by atoms with van der Waals surface area (Å²) in [5.41, 5.74) is 1.28. The number of nitrogens with one attached hydrogen (secondary N) is 1. The van der Waals surface area contributed by atoms with Crippen LogP contribution in [0.4, 0.5) is 5.69 Å². The van der Waals surface area contributed by atoms with Gasteiger partial charge in [0.2, 0.25) is 0 Å². The third-order valence-electron chi connectivity index (χ3n) is 4.60. The molecule has 25 heavy (non-hydrogen) atoms. The molecule has 1 aliphatic heterocycles. The number of rotatable bonds is 7. The van der Waals surface area contributed by atoms with Gasteiger partial charge in [-0.05, 0) is 24.3 Å². The molecule has 0 amide bonds. The molecule has 0 spiro atoms. The second-order valence-electron chi connectivity index (χ2n) is 6.42. The Kier molecular flexibility index (Phi) is 6.14. The summed E-state index contributed by atoms with van der Waals surface area (Å²) in [7, 11) is 1.63. The summed E-state index contributed by atoms with van der Waals surface area (Å²) in [5.74, 6) is 1.48. The molecule has 3 rings (SSSR count). The van der Waals surface area contributed by atoms with Crippen LogP contribution in [0.3, 0.4) is 0 Å². The van der Waals surface area contributed by atoms with E-state index in [4.69, 9.17) is 9.47 Å². The highest BCUT2D eigenvalue weighted by Gasteiger charge is 2.22. The maximum Gasteiger partial charge on any atom is 0.137 e. The van der Waals surface area contributed by atoms with E-state index in [-0.39, 0.29) is 0 Å². The van der Waals surface area contributed by atoms with Gasteiger partial charge in [-0.15, -0.1) is 0 Å². The molecular weight excluding hydrogens is 316 g/mol. The molecule has 1 saturated heterocycles. The van der Waals surface area contributed by atoms with Gasteiger partial charge in [-0.25, -0.2) is 0 Å². The number of benzene rings is 2. The van der Waals surface area contributed by atoms with Gasteiger partial charge >= 0.3 is 0 Å². The SMILES string of the molecule is COc1cccc(OCC(O)C[NH+]2CCN(c3ccccc3)CC2)c1. The van der Waals surface area contributed by atoms with Crippen LogP contribution in [0.1, 0.15) is 0 Å². The van der Waals surface area contributed by atoms with E-state index in [1.165, 1.54) is 10.6 Å². The first-order valence-corrected chi connectivity index (χ1v) is 8.83. The summed E-state index contributed by atoms with van der Waals surface area (Å²) in [6, 6.07) is 18.0. The first kappa shape index (κ1) is 17.6. The van der Waals surface area contributed by atoms with Crippen LogP contribution in [-0.2, 0) is 0 Å². The van der Waals surface area contributed by atoms with Gasteiger partial charge in [-0.2, -0.15) is 0 Å². The lowest BCUT2D eigenvalue weighted by Crippen LogP contribution is -3.16. The lowest BCUT2D eigenvalue weighted by atomic mass is 10.2. The minimum absolute atomic E-state index is 0.305. The van der Waals surface area contributed by atoms with Gasteiger partial charge in [0.05, 0.1) is 33.3 Å². The fraction of sp³-hybridized carbons (Fsp3) is 0.400. The Bertz CT molecular complexity index is 642. The number of hydrogen-bond acceptors (Lipinski definition) is 4. The molecule has 1 heterocycles. The second kappa shape index (κ2) is 8.74. The van der Waals surface area contributed by atoms with Gasteiger partial charge in [0.25, 0.3) is 0 Å². The lowest BCUT2D eigenvalue weighted by Gasteiger charge is -2.34. The van der Waals surface area contributed by atoms with E-state index in [2.05, 4.69) is 29.2 Å². The Labute approximate surface area is 149 Å². The van der Waals surface area contributed by atoms with Crippen molar-refractivity contribution in [3.63, 3.8) is 0 Å². The fourth-order valence-corrected chi connectivity index (χ4v) is 3.20. The summed E-state index contributed by atoms with van der Waals surface area (Å²) >= 11 is 0. The van der Waals surface area contributed by atoms with E-state index < -0.39 is 6.10 Å². The van der Waals surface area contributed by atoms with E-state index in [9.17, 15) is 5.11 Å². The number of aliphatic hydroxyl groups is 1. The van der Waals surface area contributed by atoms with Crippen molar-refractivity contribution in [2.24, 2.45) is 0 Å². The first-order valence-electron chi connectivity index (χ1n) is 8.83. The van der Waals surface area contributed by atoms with Gasteiger partial charge in [-0.3, -0.25) is 0 Å². The van der Waals surface area contributed by atoms with E-state index >= 15 is 0 Å². The van der Waals surface area contributed by atoms with Crippen LogP contribution in [0.2, 0.25) is 0 Å². The normalized spacial score (nSPS) is 16.5. The molecule has 2 aromatic carbocycles. The van der Waals surface area contributed by atoms with Crippen LogP contribution < -0.4 is 19.3 Å². The number of aliphatic hydroxyl groups excluding tert-OH is 1. The molecule has 5 heteroatoms. The molecule has 1 atom stereocenters. The van der Waals surface area contributed by atoms with Gasteiger partial charge < -0.3 is 24.4 Å². The van der Waals surface area contributed by atoms with Crippen LogP contribution >= 0.6 is 0 Å². The molecule has 1 fully saturated rings. The lowest BCUT2D eigenvalue weighted by molar-refractivity contribution is -0.903. The smallest absolute Gasteiger partial charge is 0.137 e. The number of quaternary nitrogens is 1. The largest absolute Gasteiger partial charge is 0.497 e. The summed E-state index contributed by atoms with van der Waals surface area (Å²) in [6.45, 7) is 5.12. The standard InChI is InChI=1S/C20H26N2O3/c1-24-19-8-5-9-20(14-19)25-16-18(23)15-21-10-12-22(13-11-21)17-6-3-2-4-7-17/h2-9,14,18,23H,10-13,15-16H2,1H3/p+1. The molecule has 5 nitrogen and oxygen atoms in total. The Balaban J connectivity index is 1.41. The number of methoxy groups -OCH3 is 1. The van der Waals surface area contributed by atoms with Crippen molar-refractivity contribution in [3.05, 3.63) is 54.6 Å². The highest BCUT2D eigenvalue weighted by molar-refractivity contribution is 5.46. The maximum atomic E-state index is 10.3. The zero-order valence-electron chi connectivity index (χ0n) is 14.7. The highest BCUT2D eigenvalue weighted by Crippen LogP contribution is 2.18. The second-order valence-corrected chi connectivity index (χ2v) is 6.42. The topological polar surface area (TPSA) is 46.4 Å². The molecule has 0 bridgehead atoms. The van der Waals surface area contributed by atoms with Gasteiger partial charge in [0, 0.05) is 11.8 Å². The minimum Gasteiger partial charge on any atom is -0.497 e. The average molecular weight is 343 g/mol. The zero-order valence-corrected chi connectivity index (χ0v) is 14.7. The van der Waals surface area contributed by atoms with Gasteiger partial charge in [-0.1, -0.05) is 24.3 Å². The molecule has 2 aromatic rings. The maximum absolute atomic E-state index is 10.3. The van der Waals surface area contributed by atoms with Crippen molar-refractivity contribution < 1.29 is 19.5 Å². The fourth-order valence-electron chi connectivity index (χ4n) is 3.20. The van der Waals surface area contributed by atoms with Crippen molar-refractivity contribution in [1.82, 2.24) is 0 Å². The van der Waals surface area contributed by atoms with Gasteiger partial charge in [0.15, 0.2) is 0 Å². The molecule has 0 saturated carbocycles. The highest BCUT2D eigenvalue weighted by atomic mass is 16.5. The van der Waals surface area contributed by atoms with E-state index in [1.54, 1.807) is 7.11 Å². The molecule has 0 aromatic heterocycles. The monoisotopic (exact) mass is 343 g/mol. The molecule has 1 unspecified atom stereocenters. The summed E-state index contributed by atoms with van der Waals surface area (Å²) < 4.78 is 10.9. The molecule has 2 N–H and O–H groups in total. The quantitative estimate of drug-likeness (QED) is 0.782. The van der Waals surface area contributed by atoms with Crippen LogP contribution in [-0.4, -0.2) is 57.7 Å². The van der Waals surface area contributed by atoms with Crippen LogP contribution in [0.15, 0.2) is 54.6 Å². The molecule has 0 aliphatic carbocycles. The summed E-state index contributed by atoms with van der Waals surface area (Å²) in [5, 5.41) is 10.3. The van der Waals surface area contributed by atoms with Gasteiger partial charge in [0.1, 0.15) is 30.8 Å². The third-order valence-corrected chi connectivity index (χ3v) is 4.60.